The van der Waals surface area contributed by atoms with Crippen LogP contribution in [0.1, 0.15) is 32.3 Å². The third kappa shape index (κ3) is 3.38. The number of benzene rings is 2. The van der Waals surface area contributed by atoms with E-state index in [0.29, 0.717) is 23.3 Å². The molecule has 1 N–H and O–H groups in total. The average molecular weight is 292 g/mol. The van der Waals surface area contributed by atoms with E-state index >= 15 is 0 Å². The lowest BCUT2D eigenvalue weighted by Crippen LogP contribution is -2.05. The monoisotopic (exact) mass is 292 g/mol. The van der Waals surface area contributed by atoms with Gasteiger partial charge in [0, 0.05) is 5.39 Å². The van der Waals surface area contributed by atoms with Gasteiger partial charge in [-0.25, -0.2) is 0 Å². The van der Waals surface area contributed by atoms with Crippen LogP contribution in [0.2, 0.25) is 0 Å². The summed E-state index contributed by atoms with van der Waals surface area (Å²) in [5.74, 6) is 0.588. The molecule has 0 saturated carbocycles. The highest BCUT2D eigenvalue weighted by atomic mass is 32.2. The summed E-state index contributed by atoms with van der Waals surface area (Å²) in [6, 6.07) is 11.0. The Kier molecular flexibility index (Phi) is 4.45. The minimum Gasteiger partial charge on any atom is -0.282 e. The van der Waals surface area contributed by atoms with Crippen molar-refractivity contribution in [1.82, 2.24) is 0 Å². The topological polar surface area (TPSA) is 54.4 Å². The third-order valence-corrected chi connectivity index (χ3v) is 4.44. The molecule has 2 aromatic rings. The van der Waals surface area contributed by atoms with E-state index in [-0.39, 0.29) is 4.90 Å². The zero-order valence-corrected chi connectivity index (χ0v) is 12.7. The molecule has 2 aromatic carbocycles. The van der Waals surface area contributed by atoms with Gasteiger partial charge >= 0.3 is 0 Å². The number of aryl methyl sites for hydroxylation is 1. The molecule has 108 valence electrons. The number of fused-ring (bicyclic) bond motifs is 1. The second-order valence-electron chi connectivity index (χ2n) is 5.54. The molecule has 0 aromatic heterocycles. The summed E-state index contributed by atoms with van der Waals surface area (Å²) in [5, 5.41) is 1.42. The van der Waals surface area contributed by atoms with Crippen LogP contribution in [0.25, 0.3) is 10.8 Å². The van der Waals surface area contributed by atoms with E-state index in [4.69, 9.17) is 0 Å². The van der Waals surface area contributed by atoms with Gasteiger partial charge < -0.3 is 0 Å². The molecule has 0 aliphatic rings. The van der Waals surface area contributed by atoms with Crippen molar-refractivity contribution in [3.63, 3.8) is 0 Å². The van der Waals surface area contributed by atoms with E-state index in [1.54, 1.807) is 12.1 Å². The third-order valence-electron chi connectivity index (χ3n) is 3.45. The lowest BCUT2D eigenvalue weighted by atomic mass is 10.00. The molecule has 3 nitrogen and oxygen atoms in total. The first kappa shape index (κ1) is 15.0. The molecule has 0 aliphatic heterocycles. The predicted molar refractivity (Wildman–Crippen MR) is 81.5 cm³/mol. The Labute approximate surface area is 120 Å². The quantitative estimate of drug-likeness (QED) is 0.845. The molecule has 0 spiro atoms. The van der Waals surface area contributed by atoms with Crippen LogP contribution in [0.4, 0.5) is 0 Å². The van der Waals surface area contributed by atoms with Crippen molar-refractivity contribution in [3.05, 3.63) is 42.0 Å². The highest BCUT2D eigenvalue weighted by Crippen LogP contribution is 2.28. The Hall–Kier alpha value is -1.39. The molecule has 4 heteroatoms. The van der Waals surface area contributed by atoms with E-state index in [0.717, 1.165) is 18.2 Å². The highest BCUT2D eigenvalue weighted by Gasteiger charge is 2.18. The second-order valence-corrected chi connectivity index (χ2v) is 6.89. The van der Waals surface area contributed by atoms with Crippen LogP contribution in [-0.4, -0.2) is 13.0 Å². The van der Waals surface area contributed by atoms with E-state index in [1.807, 2.05) is 24.3 Å². The highest BCUT2D eigenvalue weighted by molar-refractivity contribution is 7.86. The fourth-order valence-electron chi connectivity index (χ4n) is 2.49. The molecule has 0 saturated heterocycles. The summed E-state index contributed by atoms with van der Waals surface area (Å²) < 4.78 is 33.0. The summed E-state index contributed by atoms with van der Waals surface area (Å²) in [6.45, 7) is 4.29. The summed E-state index contributed by atoms with van der Waals surface area (Å²) in [4.78, 5) is 0.0688. The molecule has 20 heavy (non-hydrogen) atoms. The SMILES string of the molecule is CC(C)CCCc1ccc2ccccc2c1S(=O)(=O)O. The largest absolute Gasteiger partial charge is 0.295 e. The van der Waals surface area contributed by atoms with Gasteiger partial charge in [0.2, 0.25) is 0 Å². The number of hydrogen-bond acceptors (Lipinski definition) is 2. The van der Waals surface area contributed by atoms with E-state index < -0.39 is 10.1 Å². The molecule has 0 fully saturated rings. The molecular weight excluding hydrogens is 272 g/mol. The van der Waals surface area contributed by atoms with Gasteiger partial charge in [0.1, 0.15) is 4.90 Å². The minimum absolute atomic E-state index is 0.0688. The zero-order chi connectivity index (χ0) is 14.8. The molecule has 0 atom stereocenters. The maximum absolute atomic E-state index is 11.7. The lowest BCUT2D eigenvalue weighted by molar-refractivity contribution is 0.482. The summed E-state index contributed by atoms with van der Waals surface area (Å²) in [5.41, 5.74) is 0.701. The van der Waals surface area contributed by atoms with Gasteiger partial charge in [0.15, 0.2) is 0 Å². The first-order valence-corrected chi connectivity index (χ1v) is 8.31. The Bertz CT molecular complexity index is 703. The van der Waals surface area contributed by atoms with Gasteiger partial charge in [0.05, 0.1) is 0 Å². The van der Waals surface area contributed by atoms with Crippen LogP contribution in [0, 0.1) is 5.92 Å². The van der Waals surface area contributed by atoms with Crippen molar-refractivity contribution in [2.75, 3.05) is 0 Å². The molecule has 2 rings (SSSR count). The normalized spacial score (nSPS) is 12.2. The van der Waals surface area contributed by atoms with Gasteiger partial charge in [-0.15, -0.1) is 0 Å². The number of rotatable bonds is 5. The van der Waals surface area contributed by atoms with Crippen LogP contribution in [-0.2, 0) is 16.5 Å². The fraction of sp³-hybridized carbons (Fsp3) is 0.375. The predicted octanol–water partition coefficient (Wildman–Crippen LogP) is 4.07. The van der Waals surface area contributed by atoms with Crippen LogP contribution in [0.3, 0.4) is 0 Å². The first-order valence-electron chi connectivity index (χ1n) is 6.87. The van der Waals surface area contributed by atoms with E-state index in [9.17, 15) is 13.0 Å². The average Bonchev–Trinajstić information content (AvgIpc) is 2.36. The van der Waals surface area contributed by atoms with Gasteiger partial charge in [0.25, 0.3) is 10.1 Å². The fourth-order valence-corrected chi connectivity index (χ4v) is 3.46. The van der Waals surface area contributed by atoms with Crippen molar-refractivity contribution in [2.24, 2.45) is 5.92 Å². The summed E-state index contributed by atoms with van der Waals surface area (Å²) in [7, 11) is -4.21. The van der Waals surface area contributed by atoms with Crippen molar-refractivity contribution in [1.29, 1.82) is 0 Å². The van der Waals surface area contributed by atoms with Crippen LogP contribution < -0.4 is 0 Å². The smallest absolute Gasteiger partial charge is 0.282 e. The summed E-state index contributed by atoms with van der Waals surface area (Å²) >= 11 is 0. The van der Waals surface area contributed by atoms with E-state index in [1.165, 1.54) is 0 Å². The minimum atomic E-state index is -4.21. The first-order chi connectivity index (χ1) is 9.39. The molecule has 0 radical (unpaired) electrons. The van der Waals surface area contributed by atoms with Crippen molar-refractivity contribution < 1.29 is 13.0 Å². The molecule has 0 amide bonds. The maximum Gasteiger partial charge on any atom is 0.295 e. The Morgan fingerprint density at radius 2 is 1.80 bits per heavy atom. The van der Waals surface area contributed by atoms with Crippen molar-refractivity contribution in [2.45, 2.75) is 38.0 Å². The van der Waals surface area contributed by atoms with E-state index in [2.05, 4.69) is 13.8 Å². The second kappa shape index (κ2) is 5.94. The molecule has 0 unspecified atom stereocenters. The Morgan fingerprint density at radius 1 is 1.10 bits per heavy atom. The van der Waals surface area contributed by atoms with Gasteiger partial charge in [-0.1, -0.05) is 56.7 Å². The maximum atomic E-state index is 11.7. The van der Waals surface area contributed by atoms with Crippen LogP contribution in [0.5, 0.6) is 0 Å². The zero-order valence-electron chi connectivity index (χ0n) is 11.8. The van der Waals surface area contributed by atoms with Gasteiger partial charge in [-0.05, 0) is 29.7 Å². The Morgan fingerprint density at radius 3 is 2.45 bits per heavy atom. The summed E-state index contributed by atoms with van der Waals surface area (Å²) in [6.07, 6.45) is 2.62. The lowest BCUT2D eigenvalue weighted by Gasteiger charge is -2.11. The van der Waals surface area contributed by atoms with Crippen molar-refractivity contribution >= 4 is 20.9 Å². The van der Waals surface area contributed by atoms with Crippen LogP contribution in [0.15, 0.2) is 41.3 Å². The van der Waals surface area contributed by atoms with Crippen molar-refractivity contribution in [3.8, 4) is 0 Å². The molecule has 0 aliphatic carbocycles. The van der Waals surface area contributed by atoms with Crippen LogP contribution >= 0.6 is 0 Å². The molecule has 0 heterocycles. The number of hydrogen-bond donors (Lipinski definition) is 1. The Balaban J connectivity index is 2.49. The van der Waals surface area contributed by atoms with Gasteiger partial charge in [-0.3, -0.25) is 4.55 Å². The molecule has 0 bridgehead atoms. The van der Waals surface area contributed by atoms with Gasteiger partial charge in [-0.2, -0.15) is 8.42 Å². The molecular formula is C16H20O3S. The standard InChI is InChI=1S/C16H20O3S/c1-12(2)6-5-8-14-11-10-13-7-3-4-9-15(13)16(14)20(17,18)19/h3-4,7,9-12H,5-6,8H2,1-2H3,(H,17,18,19).